The highest BCUT2D eigenvalue weighted by atomic mass is 16.3. The fourth-order valence-corrected chi connectivity index (χ4v) is 4.64. The van der Waals surface area contributed by atoms with E-state index in [0.29, 0.717) is 0 Å². The van der Waals surface area contributed by atoms with Crippen molar-refractivity contribution in [3.05, 3.63) is 179 Å². The van der Waals surface area contributed by atoms with E-state index >= 15 is 0 Å². The standard InChI is InChI=1S/C32H26O/c33-32(28-17-9-3-10-18-28,29-19-11-4-12-20-29)30-23-21-27(22-24-30)31(25-13-5-1-6-14-25)26-15-7-2-8-16-26/h1-24,31,33H. The first-order valence-corrected chi connectivity index (χ1v) is 11.3. The van der Waals surface area contributed by atoms with Gasteiger partial charge in [-0.1, -0.05) is 146 Å². The van der Waals surface area contributed by atoms with Crippen LogP contribution in [-0.4, -0.2) is 5.11 Å². The number of benzene rings is 5. The summed E-state index contributed by atoms with van der Waals surface area (Å²) >= 11 is 0. The largest absolute Gasteiger partial charge is 0.376 e. The summed E-state index contributed by atoms with van der Waals surface area (Å²) in [6, 6.07) is 49.3. The van der Waals surface area contributed by atoms with Gasteiger partial charge in [-0.15, -0.1) is 0 Å². The molecule has 0 heterocycles. The Hall–Kier alpha value is -3.94. The minimum absolute atomic E-state index is 0.128. The van der Waals surface area contributed by atoms with Crippen LogP contribution in [-0.2, 0) is 5.60 Å². The van der Waals surface area contributed by atoms with E-state index in [9.17, 15) is 5.11 Å². The van der Waals surface area contributed by atoms with Crippen LogP contribution in [0.5, 0.6) is 0 Å². The molecule has 0 radical (unpaired) electrons. The first-order chi connectivity index (χ1) is 16.3. The van der Waals surface area contributed by atoms with Gasteiger partial charge in [-0.2, -0.15) is 0 Å². The van der Waals surface area contributed by atoms with Crippen LogP contribution >= 0.6 is 0 Å². The molecule has 0 bridgehead atoms. The number of hydrogen-bond donors (Lipinski definition) is 1. The Morgan fingerprint density at radius 1 is 0.364 bits per heavy atom. The van der Waals surface area contributed by atoms with Crippen molar-refractivity contribution >= 4 is 0 Å². The molecule has 5 aromatic rings. The Morgan fingerprint density at radius 2 is 0.667 bits per heavy atom. The molecule has 33 heavy (non-hydrogen) atoms. The molecule has 5 rings (SSSR count). The predicted octanol–water partition coefficient (Wildman–Crippen LogP) is 7.15. The van der Waals surface area contributed by atoms with Crippen molar-refractivity contribution in [3.8, 4) is 0 Å². The highest BCUT2D eigenvalue weighted by Crippen LogP contribution is 2.38. The molecular weight excluding hydrogens is 400 g/mol. The fourth-order valence-electron chi connectivity index (χ4n) is 4.64. The van der Waals surface area contributed by atoms with Crippen LogP contribution in [0.2, 0.25) is 0 Å². The van der Waals surface area contributed by atoms with Gasteiger partial charge in [-0.05, 0) is 33.4 Å². The van der Waals surface area contributed by atoms with Crippen molar-refractivity contribution < 1.29 is 5.11 Å². The second kappa shape index (κ2) is 9.28. The highest BCUT2D eigenvalue weighted by molar-refractivity contribution is 5.50. The first kappa shape index (κ1) is 20.9. The van der Waals surface area contributed by atoms with Crippen LogP contribution < -0.4 is 0 Å². The molecule has 0 saturated heterocycles. The first-order valence-electron chi connectivity index (χ1n) is 11.3. The average molecular weight is 427 g/mol. The van der Waals surface area contributed by atoms with Crippen LogP contribution in [0.3, 0.4) is 0 Å². The van der Waals surface area contributed by atoms with Gasteiger partial charge >= 0.3 is 0 Å². The molecule has 0 amide bonds. The molecule has 0 aliphatic carbocycles. The van der Waals surface area contributed by atoms with E-state index in [1.54, 1.807) is 0 Å². The van der Waals surface area contributed by atoms with E-state index in [0.717, 1.165) is 16.7 Å². The van der Waals surface area contributed by atoms with Crippen LogP contribution in [0.25, 0.3) is 0 Å². The maximum atomic E-state index is 12.1. The molecular formula is C32H26O. The van der Waals surface area contributed by atoms with Crippen LogP contribution in [0.4, 0.5) is 0 Å². The van der Waals surface area contributed by atoms with Gasteiger partial charge in [-0.25, -0.2) is 0 Å². The molecule has 0 atom stereocenters. The van der Waals surface area contributed by atoms with E-state index in [-0.39, 0.29) is 5.92 Å². The third-order valence-corrected chi connectivity index (χ3v) is 6.31. The van der Waals surface area contributed by atoms with Gasteiger partial charge < -0.3 is 5.11 Å². The SMILES string of the molecule is OC(c1ccccc1)(c1ccccc1)c1ccc(C(c2ccccc2)c2ccccc2)cc1. The number of aliphatic hydroxyl groups is 1. The van der Waals surface area contributed by atoms with Gasteiger partial charge in [0.15, 0.2) is 0 Å². The summed E-state index contributed by atoms with van der Waals surface area (Å²) in [4.78, 5) is 0. The van der Waals surface area contributed by atoms with Gasteiger partial charge in [0.2, 0.25) is 0 Å². The lowest BCUT2D eigenvalue weighted by molar-refractivity contribution is 0.125. The highest BCUT2D eigenvalue weighted by Gasteiger charge is 2.33. The zero-order valence-electron chi connectivity index (χ0n) is 18.4. The summed E-state index contributed by atoms with van der Waals surface area (Å²) in [6.45, 7) is 0. The topological polar surface area (TPSA) is 20.2 Å². The third-order valence-electron chi connectivity index (χ3n) is 6.31. The van der Waals surface area contributed by atoms with Crippen LogP contribution in [0, 0.1) is 0 Å². The van der Waals surface area contributed by atoms with Crippen molar-refractivity contribution in [2.24, 2.45) is 0 Å². The van der Waals surface area contributed by atoms with E-state index in [1.165, 1.54) is 16.7 Å². The van der Waals surface area contributed by atoms with E-state index in [2.05, 4.69) is 84.9 Å². The van der Waals surface area contributed by atoms with E-state index in [4.69, 9.17) is 0 Å². The smallest absolute Gasteiger partial charge is 0.140 e. The fraction of sp³-hybridized carbons (Fsp3) is 0.0625. The van der Waals surface area contributed by atoms with E-state index < -0.39 is 5.60 Å². The van der Waals surface area contributed by atoms with Gasteiger partial charge in [0.05, 0.1) is 0 Å². The minimum atomic E-state index is -1.23. The molecule has 0 unspecified atom stereocenters. The summed E-state index contributed by atoms with van der Waals surface area (Å²) in [5.41, 5.74) is 5.02. The molecule has 5 aromatic carbocycles. The summed E-state index contributed by atoms with van der Waals surface area (Å²) in [5, 5.41) is 12.1. The predicted molar refractivity (Wildman–Crippen MR) is 135 cm³/mol. The molecule has 0 spiro atoms. The maximum Gasteiger partial charge on any atom is 0.140 e. The zero-order valence-corrected chi connectivity index (χ0v) is 18.4. The second-order valence-corrected chi connectivity index (χ2v) is 8.32. The van der Waals surface area contributed by atoms with Gasteiger partial charge in [0.25, 0.3) is 0 Å². The quantitative estimate of drug-likeness (QED) is 0.286. The normalized spacial score (nSPS) is 11.5. The molecule has 1 N–H and O–H groups in total. The minimum Gasteiger partial charge on any atom is -0.376 e. The molecule has 0 fully saturated rings. The Balaban J connectivity index is 1.61. The Kier molecular flexibility index (Phi) is 5.89. The molecule has 1 nitrogen and oxygen atoms in total. The Morgan fingerprint density at radius 3 is 1.06 bits per heavy atom. The van der Waals surface area contributed by atoms with Gasteiger partial charge in [-0.3, -0.25) is 0 Å². The second-order valence-electron chi connectivity index (χ2n) is 8.32. The molecule has 1 heteroatoms. The molecule has 0 saturated carbocycles. The Labute approximate surface area is 195 Å². The Bertz CT molecular complexity index is 1200. The lowest BCUT2D eigenvalue weighted by Crippen LogP contribution is -2.28. The van der Waals surface area contributed by atoms with Crippen molar-refractivity contribution in [1.29, 1.82) is 0 Å². The molecule has 0 aromatic heterocycles. The van der Waals surface area contributed by atoms with Crippen molar-refractivity contribution in [2.45, 2.75) is 11.5 Å². The van der Waals surface area contributed by atoms with E-state index in [1.807, 2.05) is 60.7 Å². The lowest BCUT2D eigenvalue weighted by Gasteiger charge is -2.30. The van der Waals surface area contributed by atoms with Crippen LogP contribution in [0.15, 0.2) is 146 Å². The molecule has 0 aliphatic rings. The average Bonchev–Trinajstić information content (AvgIpc) is 2.91. The molecule has 0 aliphatic heterocycles. The third kappa shape index (κ3) is 4.11. The van der Waals surface area contributed by atoms with Crippen molar-refractivity contribution in [1.82, 2.24) is 0 Å². The summed E-state index contributed by atoms with van der Waals surface area (Å²) in [7, 11) is 0. The zero-order chi connectivity index (χ0) is 22.5. The number of hydrogen-bond acceptors (Lipinski definition) is 1. The van der Waals surface area contributed by atoms with Crippen molar-refractivity contribution in [3.63, 3.8) is 0 Å². The van der Waals surface area contributed by atoms with Crippen molar-refractivity contribution in [2.75, 3.05) is 0 Å². The maximum absolute atomic E-state index is 12.1. The lowest BCUT2D eigenvalue weighted by atomic mass is 9.79. The number of rotatable bonds is 6. The summed E-state index contributed by atoms with van der Waals surface area (Å²) in [6.07, 6.45) is 0. The molecule has 160 valence electrons. The monoisotopic (exact) mass is 426 g/mol. The van der Waals surface area contributed by atoms with Gasteiger partial charge in [0, 0.05) is 5.92 Å². The van der Waals surface area contributed by atoms with Gasteiger partial charge in [0.1, 0.15) is 5.60 Å². The summed E-state index contributed by atoms with van der Waals surface area (Å²) < 4.78 is 0. The summed E-state index contributed by atoms with van der Waals surface area (Å²) in [5.74, 6) is 0.128. The van der Waals surface area contributed by atoms with Crippen LogP contribution in [0.1, 0.15) is 39.3 Å².